The zero-order valence-electron chi connectivity index (χ0n) is 18.1. The number of urea groups is 1. The lowest BCUT2D eigenvalue weighted by atomic mass is 9.95. The summed E-state index contributed by atoms with van der Waals surface area (Å²) < 4.78 is 17.0. The molecule has 3 rings (SSSR count). The zero-order chi connectivity index (χ0) is 22.2. The van der Waals surface area contributed by atoms with Gasteiger partial charge in [0.25, 0.3) is 0 Å². The second-order valence-electron chi connectivity index (χ2n) is 7.12. The van der Waals surface area contributed by atoms with Gasteiger partial charge in [0.2, 0.25) is 0 Å². The van der Waals surface area contributed by atoms with Gasteiger partial charge in [-0.1, -0.05) is 43.3 Å². The number of hydrogen-bond donors (Lipinski definition) is 2. The molecule has 2 aromatic carbocycles. The van der Waals surface area contributed by atoms with Crippen LogP contribution in [0.25, 0.3) is 0 Å². The van der Waals surface area contributed by atoms with Gasteiger partial charge in [0, 0.05) is 5.70 Å². The van der Waals surface area contributed by atoms with E-state index in [0.29, 0.717) is 41.5 Å². The minimum Gasteiger partial charge on any atom is -0.490 e. The minimum atomic E-state index is -0.670. The first-order valence-electron chi connectivity index (χ1n) is 10.4. The number of esters is 1. The molecule has 7 heteroatoms. The molecule has 7 nitrogen and oxygen atoms in total. The Morgan fingerprint density at radius 2 is 1.81 bits per heavy atom. The van der Waals surface area contributed by atoms with E-state index in [-0.39, 0.29) is 12.6 Å². The van der Waals surface area contributed by atoms with E-state index in [1.807, 2.05) is 50.2 Å². The highest BCUT2D eigenvalue weighted by Gasteiger charge is 2.32. The lowest BCUT2D eigenvalue weighted by Crippen LogP contribution is -2.45. The molecule has 0 aromatic heterocycles. The van der Waals surface area contributed by atoms with Crippen LogP contribution in [0.4, 0.5) is 4.79 Å². The normalized spacial score (nSPS) is 15.7. The van der Waals surface area contributed by atoms with E-state index in [1.54, 1.807) is 19.1 Å². The number of carbonyl (C=O) groups excluding carboxylic acids is 2. The molecule has 2 aromatic rings. The summed E-state index contributed by atoms with van der Waals surface area (Å²) in [5, 5.41) is 5.48. The van der Waals surface area contributed by atoms with Crippen LogP contribution in [0.5, 0.6) is 11.5 Å². The van der Waals surface area contributed by atoms with Crippen molar-refractivity contribution in [1.82, 2.24) is 10.6 Å². The third kappa shape index (κ3) is 5.57. The van der Waals surface area contributed by atoms with Crippen LogP contribution in [0, 0.1) is 0 Å². The van der Waals surface area contributed by atoms with E-state index in [1.165, 1.54) is 0 Å². The van der Waals surface area contributed by atoms with E-state index in [4.69, 9.17) is 14.2 Å². The van der Waals surface area contributed by atoms with Gasteiger partial charge in [0.1, 0.15) is 6.61 Å². The average molecular weight is 424 g/mol. The highest BCUT2D eigenvalue weighted by Crippen LogP contribution is 2.35. The van der Waals surface area contributed by atoms with Crippen LogP contribution in [0.15, 0.2) is 59.8 Å². The molecule has 1 unspecified atom stereocenters. The van der Waals surface area contributed by atoms with E-state index < -0.39 is 12.0 Å². The molecule has 31 heavy (non-hydrogen) atoms. The van der Waals surface area contributed by atoms with Crippen LogP contribution in [-0.4, -0.2) is 25.2 Å². The molecule has 1 heterocycles. The van der Waals surface area contributed by atoms with Gasteiger partial charge >= 0.3 is 12.0 Å². The molecule has 0 radical (unpaired) electrons. The SMILES string of the molecule is CCCOc1ccc(C2NC(=O)NC(C)=C2C(=O)OCc2ccccc2)cc1OCC. The standard InChI is InChI=1S/C24H28N2O5/c1-4-13-30-19-12-11-18(14-20(19)29-5-2)22-21(16(3)25-24(28)26-22)23(27)31-15-17-9-7-6-8-10-17/h6-12,14,22H,4-5,13,15H2,1-3H3,(H2,25,26,28). The summed E-state index contributed by atoms with van der Waals surface area (Å²) in [6.45, 7) is 6.78. The van der Waals surface area contributed by atoms with Crippen molar-refractivity contribution in [2.75, 3.05) is 13.2 Å². The first-order chi connectivity index (χ1) is 15.0. The number of benzene rings is 2. The van der Waals surface area contributed by atoms with Crippen LogP contribution in [0.3, 0.4) is 0 Å². The Balaban J connectivity index is 1.88. The van der Waals surface area contributed by atoms with E-state index in [0.717, 1.165) is 12.0 Å². The number of hydrogen-bond acceptors (Lipinski definition) is 5. The second-order valence-corrected chi connectivity index (χ2v) is 7.12. The third-order valence-corrected chi connectivity index (χ3v) is 4.76. The van der Waals surface area contributed by atoms with Crippen molar-refractivity contribution in [2.45, 2.75) is 39.8 Å². The van der Waals surface area contributed by atoms with E-state index in [9.17, 15) is 9.59 Å². The van der Waals surface area contributed by atoms with Gasteiger partial charge in [0.05, 0.1) is 24.8 Å². The Bertz CT molecular complexity index is 956. The molecule has 0 saturated carbocycles. The van der Waals surface area contributed by atoms with Gasteiger partial charge in [-0.15, -0.1) is 0 Å². The fraction of sp³-hybridized carbons (Fsp3) is 0.333. The monoisotopic (exact) mass is 424 g/mol. The number of nitrogens with one attached hydrogen (secondary N) is 2. The van der Waals surface area contributed by atoms with Crippen LogP contribution in [0.1, 0.15) is 44.4 Å². The highest BCUT2D eigenvalue weighted by molar-refractivity contribution is 5.95. The first-order valence-corrected chi connectivity index (χ1v) is 10.4. The summed E-state index contributed by atoms with van der Waals surface area (Å²) in [6, 6.07) is 13.8. The summed E-state index contributed by atoms with van der Waals surface area (Å²) in [6.07, 6.45) is 0.872. The molecule has 2 N–H and O–H groups in total. The van der Waals surface area contributed by atoms with Gasteiger partial charge in [0.15, 0.2) is 11.5 Å². The van der Waals surface area contributed by atoms with Crippen molar-refractivity contribution in [3.05, 3.63) is 70.9 Å². The Labute approximate surface area is 182 Å². The number of rotatable bonds is 9. The topological polar surface area (TPSA) is 85.9 Å². The van der Waals surface area contributed by atoms with Gasteiger partial charge in [-0.25, -0.2) is 9.59 Å². The molecule has 164 valence electrons. The lowest BCUT2D eigenvalue weighted by molar-refractivity contribution is -0.140. The fourth-order valence-electron chi connectivity index (χ4n) is 3.32. The quantitative estimate of drug-likeness (QED) is 0.588. The molecule has 0 bridgehead atoms. The van der Waals surface area contributed by atoms with Gasteiger partial charge < -0.3 is 24.8 Å². The van der Waals surface area contributed by atoms with Crippen molar-refractivity contribution in [1.29, 1.82) is 0 Å². The predicted molar refractivity (Wildman–Crippen MR) is 117 cm³/mol. The number of amides is 2. The molecule has 0 spiro atoms. The molecule has 1 aliphatic rings. The van der Waals surface area contributed by atoms with Crippen molar-refractivity contribution in [3.8, 4) is 11.5 Å². The molecular weight excluding hydrogens is 396 g/mol. The third-order valence-electron chi connectivity index (χ3n) is 4.76. The molecule has 0 fully saturated rings. The van der Waals surface area contributed by atoms with E-state index >= 15 is 0 Å². The molecule has 1 aliphatic heterocycles. The van der Waals surface area contributed by atoms with Crippen LogP contribution < -0.4 is 20.1 Å². The van der Waals surface area contributed by atoms with E-state index in [2.05, 4.69) is 10.6 Å². The van der Waals surface area contributed by atoms with Crippen LogP contribution in [-0.2, 0) is 16.1 Å². The van der Waals surface area contributed by atoms with Gasteiger partial charge in [-0.2, -0.15) is 0 Å². The summed E-state index contributed by atoms with van der Waals surface area (Å²) in [4.78, 5) is 25.1. The second kappa shape index (κ2) is 10.5. The van der Waals surface area contributed by atoms with Gasteiger partial charge in [-0.3, -0.25) is 0 Å². The number of allylic oxidation sites excluding steroid dienone is 1. The molecule has 0 aliphatic carbocycles. The number of ether oxygens (including phenoxy) is 3. The molecule has 1 atom stereocenters. The predicted octanol–water partition coefficient (Wildman–Crippen LogP) is 4.25. The summed E-state index contributed by atoms with van der Waals surface area (Å²) in [7, 11) is 0. The van der Waals surface area contributed by atoms with Crippen molar-refractivity contribution in [2.24, 2.45) is 0 Å². The largest absolute Gasteiger partial charge is 0.490 e. The maximum absolute atomic E-state index is 13.0. The number of carbonyl (C=O) groups is 2. The Morgan fingerprint density at radius 1 is 1.03 bits per heavy atom. The molecule has 0 saturated heterocycles. The average Bonchev–Trinajstić information content (AvgIpc) is 2.77. The smallest absolute Gasteiger partial charge is 0.338 e. The summed E-state index contributed by atoms with van der Waals surface area (Å²) >= 11 is 0. The fourth-order valence-corrected chi connectivity index (χ4v) is 3.32. The maximum Gasteiger partial charge on any atom is 0.338 e. The highest BCUT2D eigenvalue weighted by atomic mass is 16.5. The summed E-state index contributed by atoms with van der Waals surface area (Å²) in [5.41, 5.74) is 2.39. The molecular formula is C24H28N2O5. The minimum absolute atomic E-state index is 0.144. The Hall–Kier alpha value is -3.48. The summed E-state index contributed by atoms with van der Waals surface area (Å²) in [5.74, 6) is 0.695. The lowest BCUT2D eigenvalue weighted by Gasteiger charge is -2.28. The zero-order valence-corrected chi connectivity index (χ0v) is 18.1. The van der Waals surface area contributed by atoms with Gasteiger partial charge in [-0.05, 0) is 43.5 Å². The Kier molecular flexibility index (Phi) is 7.54. The Morgan fingerprint density at radius 3 is 2.52 bits per heavy atom. The van der Waals surface area contributed by atoms with Crippen molar-refractivity contribution < 1.29 is 23.8 Å². The maximum atomic E-state index is 13.0. The van der Waals surface area contributed by atoms with Crippen molar-refractivity contribution in [3.63, 3.8) is 0 Å². The molecule has 2 amide bonds. The van der Waals surface area contributed by atoms with Crippen LogP contribution in [0.2, 0.25) is 0 Å². The first kappa shape index (κ1) is 22.2. The van der Waals surface area contributed by atoms with Crippen LogP contribution >= 0.6 is 0 Å². The van der Waals surface area contributed by atoms with Crippen molar-refractivity contribution >= 4 is 12.0 Å².